The van der Waals surface area contributed by atoms with Crippen molar-refractivity contribution in [1.29, 1.82) is 0 Å². The molecule has 8 heteroatoms. The first-order valence-electron chi connectivity index (χ1n) is 6.50. The third-order valence-electron chi connectivity index (χ3n) is 3.32. The van der Waals surface area contributed by atoms with E-state index in [2.05, 4.69) is 15.5 Å². The first-order valence-corrected chi connectivity index (χ1v) is 6.50. The Balaban J connectivity index is 1.70. The van der Waals surface area contributed by atoms with Gasteiger partial charge in [-0.2, -0.15) is 4.98 Å². The summed E-state index contributed by atoms with van der Waals surface area (Å²) in [6, 6.07) is 2.72. The van der Waals surface area contributed by atoms with Crippen LogP contribution in [0.4, 0.5) is 5.88 Å². The maximum Gasteiger partial charge on any atom is 0.433 e. The molecule has 0 aromatic carbocycles. The van der Waals surface area contributed by atoms with Gasteiger partial charge in [-0.1, -0.05) is 5.16 Å². The van der Waals surface area contributed by atoms with Crippen molar-refractivity contribution in [3.8, 4) is 11.7 Å². The Kier molecular flexibility index (Phi) is 3.46. The van der Waals surface area contributed by atoms with Crippen LogP contribution in [-0.4, -0.2) is 28.2 Å². The highest BCUT2D eigenvalue weighted by atomic mass is 16.6. The molecule has 1 aliphatic heterocycles. The molecule has 0 saturated carbocycles. The van der Waals surface area contributed by atoms with Crippen molar-refractivity contribution in [3.63, 3.8) is 0 Å². The number of hydrogen-bond acceptors (Lipinski definition) is 7. The van der Waals surface area contributed by atoms with E-state index in [0.717, 1.165) is 32.4 Å². The second-order valence-corrected chi connectivity index (χ2v) is 4.83. The standard InChI is InChI=1S/C12H14N4O4/c17-16(18)11-4-3-9(19-11)12-14-10(15-20-12)6-8-2-1-5-13-7-8/h3-4,8,13H,1-2,5-7H2. The Labute approximate surface area is 114 Å². The summed E-state index contributed by atoms with van der Waals surface area (Å²) >= 11 is 0. The Morgan fingerprint density at radius 1 is 1.50 bits per heavy atom. The number of rotatable bonds is 4. The largest absolute Gasteiger partial charge is 0.433 e. The van der Waals surface area contributed by atoms with Crippen LogP contribution in [0, 0.1) is 16.0 Å². The van der Waals surface area contributed by atoms with Crippen molar-refractivity contribution in [2.75, 3.05) is 13.1 Å². The van der Waals surface area contributed by atoms with E-state index in [9.17, 15) is 10.1 Å². The molecular formula is C12H14N4O4. The molecule has 3 heterocycles. The summed E-state index contributed by atoms with van der Waals surface area (Å²) in [5, 5.41) is 17.8. The monoisotopic (exact) mass is 278 g/mol. The van der Waals surface area contributed by atoms with E-state index in [1.807, 2.05) is 0 Å². The minimum Gasteiger partial charge on any atom is -0.395 e. The zero-order chi connectivity index (χ0) is 13.9. The second kappa shape index (κ2) is 5.41. The second-order valence-electron chi connectivity index (χ2n) is 4.83. The van der Waals surface area contributed by atoms with Crippen molar-refractivity contribution in [1.82, 2.24) is 15.5 Å². The average Bonchev–Trinajstić information content (AvgIpc) is 3.08. The zero-order valence-corrected chi connectivity index (χ0v) is 10.7. The van der Waals surface area contributed by atoms with Gasteiger partial charge in [-0.3, -0.25) is 10.1 Å². The van der Waals surface area contributed by atoms with Crippen molar-refractivity contribution in [2.24, 2.45) is 5.92 Å². The van der Waals surface area contributed by atoms with Gasteiger partial charge in [0.15, 0.2) is 11.6 Å². The predicted molar refractivity (Wildman–Crippen MR) is 68.0 cm³/mol. The van der Waals surface area contributed by atoms with E-state index < -0.39 is 4.92 Å². The summed E-state index contributed by atoms with van der Waals surface area (Å²) in [7, 11) is 0. The molecule has 1 aliphatic rings. The number of furan rings is 1. The van der Waals surface area contributed by atoms with Crippen molar-refractivity contribution in [2.45, 2.75) is 19.3 Å². The lowest BCUT2D eigenvalue weighted by molar-refractivity contribution is -0.401. The molecule has 8 nitrogen and oxygen atoms in total. The normalized spacial score (nSPS) is 19.1. The lowest BCUT2D eigenvalue weighted by Crippen LogP contribution is -2.31. The number of piperidine rings is 1. The Morgan fingerprint density at radius 3 is 3.10 bits per heavy atom. The van der Waals surface area contributed by atoms with Gasteiger partial charge in [0.25, 0.3) is 5.89 Å². The van der Waals surface area contributed by atoms with Crippen molar-refractivity contribution in [3.05, 3.63) is 28.1 Å². The van der Waals surface area contributed by atoms with E-state index in [1.165, 1.54) is 12.1 Å². The molecule has 106 valence electrons. The van der Waals surface area contributed by atoms with Crippen molar-refractivity contribution >= 4 is 5.88 Å². The van der Waals surface area contributed by atoms with Crippen LogP contribution < -0.4 is 5.32 Å². The predicted octanol–water partition coefficient (Wildman–Crippen LogP) is 1.78. The SMILES string of the molecule is O=[N+]([O-])c1ccc(-c2nc(CC3CCCNC3)no2)o1. The highest BCUT2D eigenvalue weighted by Crippen LogP contribution is 2.25. The molecule has 1 saturated heterocycles. The van der Waals surface area contributed by atoms with Gasteiger partial charge in [-0.25, -0.2) is 0 Å². The summed E-state index contributed by atoms with van der Waals surface area (Å²) in [6.45, 7) is 2.01. The maximum atomic E-state index is 10.6. The van der Waals surface area contributed by atoms with Gasteiger partial charge in [0.2, 0.25) is 0 Å². The Morgan fingerprint density at radius 2 is 2.40 bits per heavy atom. The number of nitrogens with one attached hydrogen (secondary N) is 1. The minimum atomic E-state index is -0.603. The molecule has 1 fully saturated rings. The molecule has 1 N–H and O–H groups in total. The maximum absolute atomic E-state index is 10.6. The van der Waals surface area contributed by atoms with Gasteiger partial charge in [-0.15, -0.1) is 0 Å². The number of nitrogens with zero attached hydrogens (tertiary/aromatic N) is 3. The van der Waals surface area contributed by atoms with E-state index in [-0.39, 0.29) is 17.5 Å². The summed E-state index contributed by atoms with van der Waals surface area (Å²) < 4.78 is 10.1. The molecular weight excluding hydrogens is 264 g/mol. The molecule has 3 rings (SSSR count). The molecule has 0 bridgehead atoms. The molecule has 1 atom stereocenters. The van der Waals surface area contributed by atoms with E-state index >= 15 is 0 Å². The fourth-order valence-electron chi connectivity index (χ4n) is 2.33. The van der Waals surface area contributed by atoms with E-state index in [1.54, 1.807) is 0 Å². The lowest BCUT2D eigenvalue weighted by Gasteiger charge is -2.20. The van der Waals surface area contributed by atoms with Crippen LogP contribution >= 0.6 is 0 Å². The Hall–Kier alpha value is -2.22. The van der Waals surface area contributed by atoms with Crippen LogP contribution in [0.15, 0.2) is 21.1 Å². The average molecular weight is 278 g/mol. The van der Waals surface area contributed by atoms with Gasteiger partial charge in [-0.05, 0) is 37.9 Å². The molecule has 0 amide bonds. The molecule has 2 aromatic heterocycles. The van der Waals surface area contributed by atoms with Gasteiger partial charge < -0.3 is 14.3 Å². The fourth-order valence-corrected chi connectivity index (χ4v) is 2.33. The molecule has 0 spiro atoms. The van der Waals surface area contributed by atoms with Crippen LogP contribution in [0.3, 0.4) is 0 Å². The third-order valence-corrected chi connectivity index (χ3v) is 3.32. The molecule has 0 aliphatic carbocycles. The van der Waals surface area contributed by atoms with Gasteiger partial charge in [0.1, 0.15) is 4.92 Å². The van der Waals surface area contributed by atoms with E-state index in [4.69, 9.17) is 8.94 Å². The topological polar surface area (TPSA) is 107 Å². The lowest BCUT2D eigenvalue weighted by atomic mass is 9.96. The molecule has 1 unspecified atom stereocenters. The first-order chi connectivity index (χ1) is 9.72. The van der Waals surface area contributed by atoms with Crippen LogP contribution in [0.1, 0.15) is 18.7 Å². The summed E-state index contributed by atoms with van der Waals surface area (Å²) in [5.41, 5.74) is 0. The van der Waals surface area contributed by atoms with Crippen LogP contribution in [-0.2, 0) is 6.42 Å². The van der Waals surface area contributed by atoms with Gasteiger partial charge in [0, 0.05) is 6.42 Å². The van der Waals surface area contributed by atoms with Gasteiger partial charge in [0.05, 0.1) is 6.07 Å². The van der Waals surface area contributed by atoms with Crippen molar-refractivity contribution < 1.29 is 13.9 Å². The quantitative estimate of drug-likeness (QED) is 0.670. The minimum absolute atomic E-state index is 0.178. The van der Waals surface area contributed by atoms with E-state index in [0.29, 0.717) is 11.7 Å². The molecule has 0 radical (unpaired) electrons. The number of nitro groups is 1. The zero-order valence-electron chi connectivity index (χ0n) is 10.7. The summed E-state index contributed by atoms with van der Waals surface area (Å²) in [4.78, 5) is 14.2. The molecule has 2 aromatic rings. The number of hydrogen-bond donors (Lipinski definition) is 1. The van der Waals surface area contributed by atoms with Gasteiger partial charge >= 0.3 is 5.88 Å². The smallest absolute Gasteiger partial charge is 0.395 e. The summed E-state index contributed by atoms with van der Waals surface area (Å²) in [5.74, 6) is 1.17. The highest BCUT2D eigenvalue weighted by molar-refractivity contribution is 5.46. The van der Waals surface area contributed by atoms with Crippen LogP contribution in [0.25, 0.3) is 11.7 Å². The highest BCUT2D eigenvalue weighted by Gasteiger charge is 2.20. The fraction of sp³-hybridized carbons (Fsp3) is 0.500. The van der Waals surface area contributed by atoms with Crippen LogP contribution in [0.2, 0.25) is 0 Å². The third kappa shape index (κ3) is 2.69. The first kappa shape index (κ1) is 12.8. The molecule has 20 heavy (non-hydrogen) atoms. The summed E-state index contributed by atoms with van der Waals surface area (Å²) in [6.07, 6.45) is 3.03. The Bertz CT molecular complexity index is 600. The van der Waals surface area contributed by atoms with Crippen LogP contribution in [0.5, 0.6) is 0 Å². The number of aromatic nitrogens is 2.